The van der Waals surface area contributed by atoms with Crippen molar-refractivity contribution in [3.63, 3.8) is 0 Å². The average Bonchev–Trinajstić information content (AvgIpc) is 2.84. The summed E-state index contributed by atoms with van der Waals surface area (Å²) in [4.78, 5) is 23.5. The summed E-state index contributed by atoms with van der Waals surface area (Å²) in [5, 5.41) is 11.8. The minimum Gasteiger partial charge on any atom is -0.479 e. The first kappa shape index (κ1) is 13.5. The van der Waals surface area contributed by atoms with Gasteiger partial charge in [-0.05, 0) is 25.3 Å². The Morgan fingerprint density at radius 2 is 2.05 bits per heavy atom. The van der Waals surface area contributed by atoms with Gasteiger partial charge in [-0.25, -0.2) is 4.79 Å². The summed E-state index contributed by atoms with van der Waals surface area (Å²) in [6.45, 7) is 2.23. The molecule has 5 heteroatoms. The lowest BCUT2D eigenvalue weighted by molar-refractivity contribution is -0.147. The molecule has 1 aromatic rings. The Morgan fingerprint density at radius 3 is 2.58 bits per heavy atom. The molecule has 0 spiro atoms. The van der Waals surface area contributed by atoms with Crippen LogP contribution >= 0.6 is 0 Å². The van der Waals surface area contributed by atoms with Gasteiger partial charge in [0, 0.05) is 6.61 Å². The second-order valence-electron chi connectivity index (χ2n) is 4.84. The molecule has 1 aliphatic rings. The van der Waals surface area contributed by atoms with Crippen LogP contribution in [0, 0.1) is 0 Å². The fourth-order valence-electron chi connectivity index (χ4n) is 2.18. The van der Waals surface area contributed by atoms with Crippen molar-refractivity contribution in [2.45, 2.75) is 31.4 Å². The molecule has 1 unspecified atom stereocenters. The summed E-state index contributed by atoms with van der Waals surface area (Å²) in [6, 6.07) is 7.59. The van der Waals surface area contributed by atoms with E-state index in [0.717, 1.165) is 6.42 Å². The van der Waals surface area contributed by atoms with Gasteiger partial charge in [0.25, 0.3) is 5.91 Å². The molecule has 1 aliphatic heterocycles. The number of amides is 1. The summed E-state index contributed by atoms with van der Waals surface area (Å²) >= 11 is 0. The van der Waals surface area contributed by atoms with E-state index in [4.69, 9.17) is 4.74 Å². The molecule has 1 aromatic carbocycles. The van der Waals surface area contributed by atoms with Crippen molar-refractivity contribution in [1.29, 1.82) is 0 Å². The van der Waals surface area contributed by atoms with Gasteiger partial charge < -0.3 is 15.2 Å². The van der Waals surface area contributed by atoms with E-state index in [1.54, 1.807) is 37.3 Å². The standard InChI is InChI=1S/C14H17NO4/c1-14(8-5-9-19-14)13(18)15-11(12(16)17)10-6-3-2-4-7-10/h2-4,6-7,11H,5,8-9H2,1H3,(H,15,18)(H,16,17)/t11-,14?/m0/s1. The number of carboxylic acid groups (broad SMARTS) is 1. The number of benzene rings is 1. The first-order valence-corrected chi connectivity index (χ1v) is 6.25. The molecule has 102 valence electrons. The van der Waals surface area contributed by atoms with Crippen LogP contribution in [0.2, 0.25) is 0 Å². The third-order valence-corrected chi connectivity index (χ3v) is 3.35. The van der Waals surface area contributed by atoms with Gasteiger partial charge >= 0.3 is 5.97 Å². The number of ether oxygens (including phenoxy) is 1. The molecule has 2 N–H and O–H groups in total. The fourth-order valence-corrected chi connectivity index (χ4v) is 2.18. The van der Waals surface area contributed by atoms with Crippen LogP contribution in [-0.2, 0) is 14.3 Å². The smallest absolute Gasteiger partial charge is 0.330 e. The molecule has 1 saturated heterocycles. The number of carbonyl (C=O) groups is 2. The van der Waals surface area contributed by atoms with Crippen LogP contribution < -0.4 is 5.32 Å². The summed E-state index contributed by atoms with van der Waals surface area (Å²) in [5.41, 5.74) is -0.368. The van der Waals surface area contributed by atoms with E-state index in [-0.39, 0.29) is 5.91 Å². The second kappa shape index (κ2) is 5.40. The fraction of sp³-hybridized carbons (Fsp3) is 0.429. The molecular formula is C14H17NO4. The lowest BCUT2D eigenvalue weighted by Crippen LogP contribution is -2.47. The first-order chi connectivity index (χ1) is 9.03. The van der Waals surface area contributed by atoms with Crippen LogP contribution in [0.4, 0.5) is 0 Å². The maximum atomic E-state index is 12.2. The van der Waals surface area contributed by atoms with Crippen LogP contribution in [0.15, 0.2) is 30.3 Å². The van der Waals surface area contributed by atoms with Gasteiger partial charge in [-0.1, -0.05) is 30.3 Å². The molecule has 1 fully saturated rings. The van der Waals surface area contributed by atoms with Crippen molar-refractivity contribution in [1.82, 2.24) is 5.32 Å². The number of carbonyl (C=O) groups excluding carboxylic acids is 1. The van der Waals surface area contributed by atoms with Gasteiger partial charge in [0.05, 0.1) is 0 Å². The quantitative estimate of drug-likeness (QED) is 0.863. The Morgan fingerprint density at radius 1 is 1.37 bits per heavy atom. The third kappa shape index (κ3) is 2.93. The largest absolute Gasteiger partial charge is 0.479 e. The van der Waals surface area contributed by atoms with Crippen molar-refractivity contribution < 1.29 is 19.4 Å². The highest BCUT2D eigenvalue weighted by Gasteiger charge is 2.39. The molecule has 19 heavy (non-hydrogen) atoms. The highest BCUT2D eigenvalue weighted by atomic mass is 16.5. The van der Waals surface area contributed by atoms with Gasteiger partial charge in [0.1, 0.15) is 5.60 Å². The number of carboxylic acids is 1. The molecule has 0 aromatic heterocycles. The maximum Gasteiger partial charge on any atom is 0.330 e. The molecule has 0 bridgehead atoms. The Labute approximate surface area is 111 Å². The SMILES string of the molecule is CC1(C(=O)N[C@H](C(=O)O)c2ccccc2)CCCO1. The van der Waals surface area contributed by atoms with Gasteiger partial charge in [-0.2, -0.15) is 0 Å². The molecule has 2 atom stereocenters. The monoisotopic (exact) mass is 263 g/mol. The topological polar surface area (TPSA) is 75.6 Å². The minimum atomic E-state index is -1.08. The lowest BCUT2D eigenvalue weighted by atomic mass is 10.00. The van der Waals surface area contributed by atoms with Gasteiger partial charge in [0.2, 0.25) is 0 Å². The predicted molar refractivity (Wildman–Crippen MR) is 68.6 cm³/mol. The van der Waals surface area contributed by atoms with E-state index in [2.05, 4.69) is 5.32 Å². The Hall–Kier alpha value is -1.88. The van der Waals surface area contributed by atoms with Crippen LogP contribution in [0.5, 0.6) is 0 Å². The second-order valence-corrected chi connectivity index (χ2v) is 4.84. The summed E-state index contributed by atoms with van der Waals surface area (Å²) in [6.07, 6.45) is 1.42. The van der Waals surface area contributed by atoms with Crippen LogP contribution in [-0.4, -0.2) is 29.2 Å². The lowest BCUT2D eigenvalue weighted by Gasteiger charge is -2.24. The highest BCUT2D eigenvalue weighted by Crippen LogP contribution is 2.26. The Balaban J connectivity index is 2.14. The minimum absolute atomic E-state index is 0.374. The average molecular weight is 263 g/mol. The van der Waals surface area contributed by atoms with Crippen molar-refractivity contribution in [2.75, 3.05) is 6.61 Å². The zero-order valence-electron chi connectivity index (χ0n) is 10.8. The summed E-state index contributed by atoms with van der Waals surface area (Å²) in [5.74, 6) is -1.46. The van der Waals surface area contributed by atoms with E-state index in [0.29, 0.717) is 18.6 Å². The van der Waals surface area contributed by atoms with Crippen molar-refractivity contribution >= 4 is 11.9 Å². The van der Waals surface area contributed by atoms with E-state index in [1.165, 1.54) is 0 Å². The van der Waals surface area contributed by atoms with Crippen LogP contribution in [0.3, 0.4) is 0 Å². The van der Waals surface area contributed by atoms with E-state index >= 15 is 0 Å². The molecule has 1 heterocycles. The Kier molecular flexibility index (Phi) is 3.85. The normalized spacial score (nSPS) is 23.8. The van der Waals surface area contributed by atoms with E-state index in [1.807, 2.05) is 0 Å². The predicted octanol–water partition coefficient (Wildman–Crippen LogP) is 1.50. The van der Waals surface area contributed by atoms with Gasteiger partial charge in [-0.3, -0.25) is 4.79 Å². The van der Waals surface area contributed by atoms with Crippen molar-refractivity contribution in [2.24, 2.45) is 0 Å². The molecule has 0 radical (unpaired) electrons. The molecule has 0 saturated carbocycles. The van der Waals surface area contributed by atoms with E-state index in [9.17, 15) is 14.7 Å². The number of aliphatic carboxylic acids is 1. The zero-order chi connectivity index (χ0) is 13.9. The third-order valence-electron chi connectivity index (χ3n) is 3.35. The number of hydrogen-bond donors (Lipinski definition) is 2. The number of nitrogens with one attached hydrogen (secondary N) is 1. The van der Waals surface area contributed by atoms with Crippen molar-refractivity contribution in [3.8, 4) is 0 Å². The molecule has 5 nitrogen and oxygen atoms in total. The van der Waals surface area contributed by atoms with Crippen LogP contribution in [0.25, 0.3) is 0 Å². The summed E-state index contributed by atoms with van der Waals surface area (Å²) < 4.78 is 5.41. The van der Waals surface area contributed by atoms with E-state index < -0.39 is 17.6 Å². The molecular weight excluding hydrogens is 246 g/mol. The first-order valence-electron chi connectivity index (χ1n) is 6.25. The molecule has 2 rings (SSSR count). The van der Waals surface area contributed by atoms with Gasteiger partial charge in [-0.15, -0.1) is 0 Å². The molecule has 0 aliphatic carbocycles. The number of hydrogen-bond acceptors (Lipinski definition) is 3. The van der Waals surface area contributed by atoms with Crippen molar-refractivity contribution in [3.05, 3.63) is 35.9 Å². The Bertz CT molecular complexity index is 466. The maximum absolute atomic E-state index is 12.2. The van der Waals surface area contributed by atoms with Gasteiger partial charge in [0.15, 0.2) is 6.04 Å². The highest BCUT2D eigenvalue weighted by molar-refractivity contribution is 5.89. The number of rotatable bonds is 4. The zero-order valence-corrected chi connectivity index (χ0v) is 10.8. The van der Waals surface area contributed by atoms with Crippen LogP contribution in [0.1, 0.15) is 31.4 Å². The molecule has 1 amide bonds. The summed E-state index contributed by atoms with van der Waals surface area (Å²) in [7, 11) is 0.